The number of allylic oxidation sites excluding steroid dienone is 1. The van der Waals surface area contributed by atoms with Crippen molar-refractivity contribution in [2.24, 2.45) is 0 Å². The second-order valence-corrected chi connectivity index (χ2v) is 5.88. The van der Waals surface area contributed by atoms with Gasteiger partial charge in [-0.05, 0) is 48.4 Å². The van der Waals surface area contributed by atoms with E-state index in [9.17, 15) is 4.79 Å². The summed E-state index contributed by atoms with van der Waals surface area (Å²) in [6.07, 6.45) is 5.36. The average Bonchev–Trinajstić information content (AvgIpc) is 3.14. The molecule has 0 saturated heterocycles. The monoisotopic (exact) mass is 354 g/mol. The topological polar surface area (TPSA) is 54.0 Å². The molecule has 0 atom stereocenters. The summed E-state index contributed by atoms with van der Waals surface area (Å²) in [5.41, 5.74) is 1.41. The Hall–Kier alpha value is -2.95. The van der Waals surface area contributed by atoms with E-state index in [0.717, 1.165) is 18.4 Å². The van der Waals surface area contributed by atoms with Gasteiger partial charge in [0.25, 0.3) is 0 Å². The molecule has 0 spiro atoms. The fourth-order valence-corrected chi connectivity index (χ4v) is 2.55. The first-order valence-corrected chi connectivity index (χ1v) is 8.64. The number of fused-ring (bicyclic) bond motifs is 1. The number of benzene rings is 2. The summed E-state index contributed by atoms with van der Waals surface area (Å²) in [4.78, 5) is 12.4. The van der Waals surface area contributed by atoms with Crippen LogP contribution in [0.25, 0.3) is 6.08 Å². The Morgan fingerprint density at radius 2 is 1.96 bits per heavy atom. The van der Waals surface area contributed by atoms with Crippen LogP contribution >= 0.6 is 0 Å². The number of rotatable bonds is 8. The van der Waals surface area contributed by atoms with Gasteiger partial charge in [-0.15, -0.1) is 0 Å². The fourth-order valence-electron chi connectivity index (χ4n) is 2.55. The second kappa shape index (κ2) is 8.43. The molecule has 1 heterocycles. The van der Waals surface area contributed by atoms with Gasteiger partial charge < -0.3 is 18.9 Å². The van der Waals surface area contributed by atoms with E-state index in [-0.39, 0.29) is 12.6 Å². The van der Waals surface area contributed by atoms with Crippen molar-refractivity contribution in [3.05, 3.63) is 53.6 Å². The molecular weight excluding hydrogens is 332 g/mol. The first kappa shape index (κ1) is 17.9. The highest BCUT2D eigenvalue weighted by atomic mass is 16.7. The Balaban J connectivity index is 1.70. The normalized spacial score (nSPS) is 12.4. The smallest absolute Gasteiger partial charge is 0.231 e. The first-order chi connectivity index (χ1) is 12.7. The number of hydrogen-bond acceptors (Lipinski definition) is 5. The third kappa shape index (κ3) is 4.17. The van der Waals surface area contributed by atoms with Gasteiger partial charge in [0.2, 0.25) is 6.79 Å². The van der Waals surface area contributed by atoms with Crippen molar-refractivity contribution in [1.29, 1.82) is 0 Å². The van der Waals surface area contributed by atoms with Crippen LogP contribution < -0.4 is 18.9 Å². The fraction of sp³-hybridized carbons (Fsp3) is 0.286. The molecule has 1 aliphatic heterocycles. The molecule has 0 bridgehead atoms. The van der Waals surface area contributed by atoms with E-state index in [0.29, 0.717) is 35.2 Å². The number of carbonyl (C=O) groups excluding carboxylic acids is 1. The Kier molecular flexibility index (Phi) is 5.79. The predicted octanol–water partition coefficient (Wildman–Crippen LogP) is 4.50. The minimum atomic E-state index is -0.106. The van der Waals surface area contributed by atoms with E-state index in [1.54, 1.807) is 31.4 Å². The zero-order chi connectivity index (χ0) is 18.4. The van der Waals surface area contributed by atoms with Gasteiger partial charge in [-0.25, -0.2) is 0 Å². The lowest BCUT2D eigenvalue weighted by Gasteiger charge is -2.10. The highest BCUT2D eigenvalue weighted by molar-refractivity contribution is 6.07. The predicted molar refractivity (Wildman–Crippen MR) is 99.3 cm³/mol. The minimum Gasteiger partial charge on any atom is -0.493 e. The molecule has 0 aromatic heterocycles. The Morgan fingerprint density at radius 1 is 1.12 bits per heavy atom. The van der Waals surface area contributed by atoms with Gasteiger partial charge in [0.1, 0.15) is 0 Å². The molecule has 0 fully saturated rings. The lowest BCUT2D eigenvalue weighted by molar-refractivity contribution is 0.104. The number of carbonyl (C=O) groups is 1. The summed E-state index contributed by atoms with van der Waals surface area (Å²) < 4.78 is 21.7. The number of hydrogen-bond donors (Lipinski definition) is 0. The number of methoxy groups -OCH3 is 1. The number of ether oxygens (including phenoxy) is 4. The quantitative estimate of drug-likeness (QED) is 0.397. The van der Waals surface area contributed by atoms with E-state index >= 15 is 0 Å². The molecule has 0 N–H and O–H groups in total. The van der Waals surface area contributed by atoms with Crippen LogP contribution in [0.15, 0.2) is 42.5 Å². The lowest BCUT2D eigenvalue weighted by atomic mass is 10.1. The summed E-state index contributed by atoms with van der Waals surface area (Å²) in [6, 6.07) is 10.8. The Morgan fingerprint density at radius 3 is 2.77 bits per heavy atom. The lowest BCUT2D eigenvalue weighted by Crippen LogP contribution is -1.99. The van der Waals surface area contributed by atoms with Gasteiger partial charge in [-0.3, -0.25) is 4.79 Å². The van der Waals surface area contributed by atoms with Crippen LogP contribution in [0.1, 0.15) is 35.7 Å². The molecule has 5 nitrogen and oxygen atoms in total. The average molecular weight is 354 g/mol. The second-order valence-electron chi connectivity index (χ2n) is 5.88. The summed E-state index contributed by atoms with van der Waals surface area (Å²) >= 11 is 0. The molecule has 26 heavy (non-hydrogen) atoms. The minimum absolute atomic E-state index is 0.106. The third-order valence-electron chi connectivity index (χ3n) is 4.03. The van der Waals surface area contributed by atoms with Crippen molar-refractivity contribution in [2.75, 3.05) is 20.5 Å². The molecule has 5 heteroatoms. The van der Waals surface area contributed by atoms with Crippen molar-refractivity contribution in [3.8, 4) is 23.0 Å². The van der Waals surface area contributed by atoms with Crippen molar-refractivity contribution in [3.63, 3.8) is 0 Å². The van der Waals surface area contributed by atoms with Gasteiger partial charge in [0, 0.05) is 5.56 Å². The van der Waals surface area contributed by atoms with Crippen LogP contribution in [0.3, 0.4) is 0 Å². The van der Waals surface area contributed by atoms with E-state index < -0.39 is 0 Å². The van der Waals surface area contributed by atoms with Crippen LogP contribution in [-0.2, 0) is 0 Å². The van der Waals surface area contributed by atoms with Crippen LogP contribution in [-0.4, -0.2) is 26.3 Å². The molecule has 2 aromatic rings. The van der Waals surface area contributed by atoms with Gasteiger partial charge in [0.15, 0.2) is 28.8 Å². The van der Waals surface area contributed by atoms with Gasteiger partial charge in [0.05, 0.1) is 13.7 Å². The van der Waals surface area contributed by atoms with Crippen molar-refractivity contribution < 1.29 is 23.7 Å². The van der Waals surface area contributed by atoms with Crippen molar-refractivity contribution in [2.45, 2.75) is 19.8 Å². The molecule has 1 aliphatic rings. The SMILES string of the molecule is CCCCOc1ccc(/C=C/C(=O)c2ccc3c(c2)OCO3)cc1OC. The largest absolute Gasteiger partial charge is 0.493 e. The van der Waals surface area contributed by atoms with E-state index in [1.165, 1.54) is 6.08 Å². The Bertz CT molecular complexity index is 810. The molecule has 0 saturated carbocycles. The zero-order valence-corrected chi connectivity index (χ0v) is 15.0. The molecule has 3 rings (SSSR count). The number of ketones is 1. The molecule has 0 amide bonds. The molecular formula is C21H22O5. The maximum absolute atomic E-state index is 12.4. The van der Waals surface area contributed by atoms with E-state index in [4.69, 9.17) is 18.9 Å². The van der Waals surface area contributed by atoms with Crippen LogP contribution in [0.2, 0.25) is 0 Å². The van der Waals surface area contributed by atoms with Gasteiger partial charge in [-0.1, -0.05) is 25.5 Å². The highest BCUT2D eigenvalue weighted by Crippen LogP contribution is 2.33. The Labute approximate surface area is 153 Å². The zero-order valence-electron chi connectivity index (χ0n) is 15.0. The third-order valence-corrected chi connectivity index (χ3v) is 4.03. The molecule has 0 aliphatic carbocycles. The van der Waals surface area contributed by atoms with Gasteiger partial charge in [-0.2, -0.15) is 0 Å². The molecule has 136 valence electrons. The summed E-state index contributed by atoms with van der Waals surface area (Å²) in [6.45, 7) is 2.96. The van der Waals surface area contributed by atoms with Crippen molar-refractivity contribution >= 4 is 11.9 Å². The number of unbranched alkanes of at least 4 members (excludes halogenated alkanes) is 1. The summed E-state index contributed by atoms with van der Waals surface area (Å²) in [5.74, 6) is 2.51. The molecule has 2 aromatic carbocycles. The van der Waals surface area contributed by atoms with Crippen LogP contribution in [0, 0.1) is 0 Å². The molecule has 0 radical (unpaired) electrons. The molecule has 0 unspecified atom stereocenters. The summed E-state index contributed by atoms with van der Waals surface area (Å²) in [5, 5.41) is 0. The van der Waals surface area contributed by atoms with Crippen molar-refractivity contribution in [1.82, 2.24) is 0 Å². The standard InChI is InChI=1S/C21H22O5/c1-3-4-11-24-18-9-6-15(12-20(18)23-2)5-8-17(22)16-7-10-19-21(13-16)26-14-25-19/h5-10,12-13H,3-4,11,14H2,1-2H3/b8-5+. The highest BCUT2D eigenvalue weighted by Gasteiger charge is 2.15. The van der Waals surface area contributed by atoms with E-state index in [2.05, 4.69) is 6.92 Å². The van der Waals surface area contributed by atoms with E-state index in [1.807, 2.05) is 18.2 Å². The van der Waals surface area contributed by atoms with Crippen LogP contribution in [0.5, 0.6) is 23.0 Å². The summed E-state index contributed by atoms with van der Waals surface area (Å²) in [7, 11) is 1.60. The maximum atomic E-state index is 12.4. The van der Waals surface area contributed by atoms with Gasteiger partial charge >= 0.3 is 0 Å². The maximum Gasteiger partial charge on any atom is 0.231 e. The van der Waals surface area contributed by atoms with Crippen LogP contribution in [0.4, 0.5) is 0 Å². The first-order valence-electron chi connectivity index (χ1n) is 8.64.